The van der Waals surface area contributed by atoms with Crippen molar-refractivity contribution in [2.24, 2.45) is 0 Å². The van der Waals surface area contributed by atoms with Crippen LogP contribution in [0.4, 0.5) is 5.82 Å². The van der Waals surface area contributed by atoms with Crippen LogP contribution in [0.15, 0.2) is 48.5 Å². The van der Waals surface area contributed by atoms with E-state index in [1.54, 1.807) is 12.1 Å². The van der Waals surface area contributed by atoms with Gasteiger partial charge in [-0.3, -0.25) is 9.48 Å². The number of nitrogens with one attached hydrogen (secondary N) is 1. The SMILES string of the molecule is Cc1cccc(C(=O)Nc2cc(C)n(Cc3ccc(Cl)c(Cl)c3)n2)c1. The van der Waals surface area contributed by atoms with Crippen molar-refractivity contribution < 1.29 is 4.79 Å². The van der Waals surface area contributed by atoms with Gasteiger partial charge in [0.15, 0.2) is 5.82 Å². The van der Waals surface area contributed by atoms with E-state index in [4.69, 9.17) is 23.2 Å². The third-order valence-corrected chi connectivity index (χ3v) is 4.56. The molecular weight excluding hydrogens is 357 g/mol. The molecular formula is C19H17Cl2N3O. The fraction of sp³-hybridized carbons (Fsp3) is 0.158. The van der Waals surface area contributed by atoms with Gasteiger partial charge in [0.05, 0.1) is 16.6 Å². The molecule has 2 aromatic carbocycles. The summed E-state index contributed by atoms with van der Waals surface area (Å²) in [5.41, 5.74) is 3.56. The number of benzene rings is 2. The standard InChI is InChI=1S/C19H17Cl2N3O/c1-12-4-3-5-15(8-12)19(25)22-18-9-13(2)24(23-18)11-14-6-7-16(20)17(21)10-14/h3-10H,11H2,1-2H3,(H,22,23,25). The van der Waals surface area contributed by atoms with Gasteiger partial charge in [0.25, 0.3) is 5.91 Å². The molecule has 1 aromatic heterocycles. The molecule has 0 fully saturated rings. The summed E-state index contributed by atoms with van der Waals surface area (Å²) in [5.74, 6) is 0.340. The molecule has 0 spiro atoms. The highest BCUT2D eigenvalue weighted by Gasteiger charge is 2.11. The highest BCUT2D eigenvalue weighted by Crippen LogP contribution is 2.23. The Labute approximate surface area is 156 Å². The Morgan fingerprint density at radius 3 is 2.60 bits per heavy atom. The van der Waals surface area contributed by atoms with Gasteiger partial charge < -0.3 is 5.32 Å². The number of rotatable bonds is 4. The lowest BCUT2D eigenvalue weighted by molar-refractivity contribution is 0.102. The molecule has 128 valence electrons. The molecule has 0 radical (unpaired) electrons. The molecule has 0 unspecified atom stereocenters. The first-order chi connectivity index (χ1) is 11.9. The zero-order chi connectivity index (χ0) is 18.0. The van der Waals surface area contributed by atoms with Crippen LogP contribution in [0.3, 0.4) is 0 Å². The number of hydrogen-bond donors (Lipinski definition) is 1. The molecule has 0 saturated heterocycles. The average molecular weight is 374 g/mol. The van der Waals surface area contributed by atoms with Crippen molar-refractivity contribution in [2.75, 3.05) is 5.32 Å². The molecule has 0 aliphatic rings. The Bertz CT molecular complexity index is 934. The monoisotopic (exact) mass is 373 g/mol. The highest BCUT2D eigenvalue weighted by atomic mass is 35.5. The van der Waals surface area contributed by atoms with E-state index in [9.17, 15) is 4.79 Å². The van der Waals surface area contributed by atoms with E-state index in [1.165, 1.54) is 0 Å². The van der Waals surface area contributed by atoms with E-state index >= 15 is 0 Å². The van der Waals surface area contributed by atoms with Crippen LogP contribution in [0.2, 0.25) is 10.0 Å². The Balaban J connectivity index is 1.75. The Kier molecular flexibility index (Phi) is 5.11. The molecule has 0 aliphatic heterocycles. The first-order valence-corrected chi connectivity index (χ1v) is 8.54. The summed E-state index contributed by atoms with van der Waals surface area (Å²) in [5, 5.41) is 8.32. The number of aryl methyl sites for hydroxylation is 2. The van der Waals surface area contributed by atoms with Gasteiger partial charge in [-0.2, -0.15) is 5.10 Å². The van der Waals surface area contributed by atoms with Gasteiger partial charge in [0.2, 0.25) is 0 Å². The second-order valence-corrected chi connectivity index (χ2v) is 6.72. The first-order valence-electron chi connectivity index (χ1n) is 7.79. The Hall–Kier alpha value is -2.30. The van der Waals surface area contributed by atoms with Gasteiger partial charge in [0.1, 0.15) is 0 Å². The van der Waals surface area contributed by atoms with Crippen molar-refractivity contribution in [3.05, 3.63) is 81.0 Å². The van der Waals surface area contributed by atoms with E-state index in [-0.39, 0.29) is 5.91 Å². The highest BCUT2D eigenvalue weighted by molar-refractivity contribution is 6.42. The van der Waals surface area contributed by atoms with E-state index in [2.05, 4.69) is 10.4 Å². The van der Waals surface area contributed by atoms with E-state index in [0.717, 1.165) is 16.8 Å². The maximum atomic E-state index is 12.3. The van der Waals surface area contributed by atoms with Crippen LogP contribution in [0.25, 0.3) is 0 Å². The van der Waals surface area contributed by atoms with Crippen molar-refractivity contribution in [1.82, 2.24) is 9.78 Å². The average Bonchev–Trinajstić information content (AvgIpc) is 2.90. The van der Waals surface area contributed by atoms with Gasteiger partial charge in [-0.15, -0.1) is 0 Å². The summed E-state index contributed by atoms with van der Waals surface area (Å²) in [6.45, 7) is 4.43. The number of carbonyl (C=O) groups is 1. The molecule has 0 saturated carbocycles. The van der Waals surface area contributed by atoms with Crippen molar-refractivity contribution >= 4 is 34.9 Å². The molecule has 3 rings (SSSR count). The number of amides is 1. The number of hydrogen-bond acceptors (Lipinski definition) is 2. The number of aromatic nitrogens is 2. The quantitative estimate of drug-likeness (QED) is 0.690. The minimum atomic E-state index is -0.178. The van der Waals surface area contributed by atoms with Crippen LogP contribution >= 0.6 is 23.2 Å². The van der Waals surface area contributed by atoms with E-state index < -0.39 is 0 Å². The third kappa shape index (κ3) is 4.21. The van der Waals surface area contributed by atoms with Crippen molar-refractivity contribution in [2.45, 2.75) is 20.4 Å². The van der Waals surface area contributed by atoms with Crippen LogP contribution in [0.5, 0.6) is 0 Å². The fourth-order valence-electron chi connectivity index (χ4n) is 2.52. The van der Waals surface area contributed by atoms with Gasteiger partial charge in [-0.05, 0) is 43.7 Å². The van der Waals surface area contributed by atoms with Gasteiger partial charge in [0, 0.05) is 17.3 Å². The van der Waals surface area contributed by atoms with Crippen LogP contribution in [-0.4, -0.2) is 15.7 Å². The van der Waals surface area contributed by atoms with Gasteiger partial charge in [-0.25, -0.2) is 0 Å². The van der Waals surface area contributed by atoms with Crippen LogP contribution in [0.1, 0.15) is 27.2 Å². The molecule has 1 heterocycles. The summed E-state index contributed by atoms with van der Waals surface area (Å²) in [7, 11) is 0. The predicted molar refractivity (Wildman–Crippen MR) is 102 cm³/mol. The van der Waals surface area contributed by atoms with Crippen LogP contribution in [-0.2, 0) is 6.54 Å². The van der Waals surface area contributed by atoms with Crippen molar-refractivity contribution in [3.8, 4) is 0 Å². The van der Waals surface area contributed by atoms with Crippen molar-refractivity contribution in [3.63, 3.8) is 0 Å². The topological polar surface area (TPSA) is 46.9 Å². The Morgan fingerprint density at radius 2 is 1.88 bits per heavy atom. The molecule has 25 heavy (non-hydrogen) atoms. The minimum absolute atomic E-state index is 0.178. The van der Waals surface area contributed by atoms with E-state index in [1.807, 2.05) is 54.9 Å². The third-order valence-electron chi connectivity index (χ3n) is 3.82. The Morgan fingerprint density at radius 1 is 1.08 bits per heavy atom. The largest absolute Gasteiger partial charge is 0.305 e. The van der Waals surface area contributed by atoms with Crippen LogP contribution in [0, 0.1) is 13.8 Å². The number of carbonyl (C=O) groups excluding carboxylic acids is 1. The maximum absolute atomic E-state index is 12.3. The molecule has 1 N–H and O–H groups in total. The molecule has 1 amide bonds. The lowest BCUT2D eigenvalue weighted by Crippen LogP contribution is -2.13. The molecule has 0 aliphatic carbocycles. The lowest BCUT2D eigenvalue weighted by atomic mass is 10.1. The number of halogens is 2. The van der Waals surface area contributed by atoms with Crippen molar-refractivity contribution in [1.29, 1.82) is 0 Å². The molecule has 3 aromatic rings. The maximum Gasteiger partial charge on any atom is 0.256 e. The second-order valence-electron chi connectivity index (χ2n) is 5.90. The predicted octanol–water partition coefficient (Wildman–Crippen LogP) is 5.11. The second kappa shape index (κ2) is 7.30. The zero-order valence-corrected chi connectivity index (χ0v) is 15.4. The molecule has 0 bridgehead atoms. The zero-order valence-electron chi connectivity index (χ0n) is 13.9. The smallest absolute Gasteiger partial charge is 0.256 e. The fourth-order valence-corrected chi connectivity index (χ4v) is 2.84. The van der Waals surface area contributed by atoms with Gasteiger partial charge in [-0.1, -0.05) is 47.0 Å². The summed E-state index contributed by atoms with van der Waals surface area (Å²) < 4.78 is 1.81. The van der Waals surface area contributed by atoms with E-state index in [0.29, 0.717) is 28.0 Å². The number of anilines is 1. The summed E-state index contributed by atoms with van der Waals surface area (Å²) >= 11 is 12.0. The molecule has 0 atom stereocenters. The normalized spacial score (nSPS) is 10.7. The lowest BCUT2D eigenvalue weighted by Gasteiger charge is -2.06. The molecule has 6 heteroatoms. The summed E-state index contributed by atoms with van der Waals surface area (Å²) in [6, 6.07) is 14.8. The first kappa shape index (κ1) is 17.5. The number of nitrogens with zero attached hydrogens (tertiary/aromatic N) is 2. The minimum Gasteiger partial charge on any atom is -0.305 e. The van der Waals surface area contributed by atoms with Crippen LogP contribution < -0.4 is 5.32 Å². The summed E-state index contributed by atoms with van der Waals surface area (Å²) in [6.07, 6.45) is 0. The molecule has 4 nitrogen and oxygen atoms in total. The van der Waals surface area contributed by atoms with Gasteiger partial charge >= 0.3 is 0 Å². The summed E-state index contributed by atoms with van der Waals surface area (Å²) in [4.78, 5) is 12.3.